The van der Waals surface area contributed by atoms with Crippen molar-refractivity contribution in [3.8, 4) is 0 Å². The van der Waals surface area contributed by atoms with Crippen LogP contribution < -0.4 is 5.32 Å². The first-order chi connectivity index (χ1) is 8.04. The third-order valence-electron chi connectivity index (χ3n) is 2.93. The van der Waals surface area contributed by atoms with E-state index in [1.165, 1.54) is 12.1 Å². The van der Waals surface area contributed by atoms with Crippen molar-refractivity contribution in [2.24, 2.45) is 0 Å². The quantitative estimate of drug-likeness (QED) is 0.776. The van der Waals surface area contributed by atoms with Gasteiger partial charge in [0.15, 0.2) is 0 Å². The van der Waals surface area contributed by atoms with Gasteiger partial charge >= 0.3 is 0 Å². The maximum Gasteiger partial charge on any atom is 0.126 e. The topological polar surface area (TPSA) is 21.3 Å². The Morgan fingerprint density at radius 2 is 1.76 bits per heavy atom. The predicted octanol–water partition coefficient (Wildman–Crippen LogP) is 2.69. The fourth-order valence-electron chi connectivity index (χ4n) is 1.69. The Hall–Kier alpha value is -1.00. The van der Waals surface area contributed by atoms with Crippen molar-refractivity contribution in [3.63, 3.8) is 0 Å². The molecule has 2 nitrogen and oxygen atoms in total. The number of rotatable bonds is 6. The molecule has 2 atom stereocenters. The summed E-state index contributed by atoms with van der Waals surface area (Å²) < 4.78 is 31.1. The summed E-state index contributed by atoms with van der Waals surface area (Å²) in [5.74, 6) is -1.02. The van der Waals surface area contributed by atoms with E-state index in [2.05, 4.69) is 5.32 Å². The minimum absolute atomic E-state index is 0.0389. The molecule has 0 aromatic heterocycles. The lowest BCUT2D eigenvalue weighted by Gasteiger charge is -2.21. The largest absolute Gasteiger partial charge is 0.383 e. The summed E-state index contributed by atoms with van der Waals surface area (Å²) >= 11 is 0. The van der Waals surface area contributed by atoms with Gasteiger partial charge in [-0.05, 0) is 30.5 Å². The molecule has 0 bridgehead atoms. The van der Waals surface area contributed by atoms with Gasteiger partial charge in [0.1, 0.15) is 11.6 Å². The molecule has 1 N–H and O–H groups in total. The summed E-state index contributed by atoms with van der Waals surface area (Å²) in [5, 5.41) is 3.25. The molecule has 0 radical (unpaired) electrons. The maximum atomic E-state index is 13.1. The van der Waals surface area contributed by atoms with Gasteiger partial charge in [-0.15, -0.1) is 0 Å². The Morgan fingerprint density at radius 1 is 1.18 bits per heavy atom. The standard InChI is InChI=1S/C13H19F2NO/c1-9(10(2)16-4-5-17-3)11-6-12(14)8-13(15)7-11/h6-10,16H,4-5H2,1-3H3. The number of nitrogens with one attached hydrogen (secondary N) is 1. The van der Waals surface area contributed by atoms with Crippen LogP contribution in [0, 0.1) is 11.6 Å². The lowest BCUT2D eigenvalue weighted by molar-refractivity contribution is 0.195. The smallest absolute Gasteiger partial charge is 0.126 e. The molecule has 4 heteroatoms. The van der Waals surface area contributed by atoms with E-state index < -0.39 is 11.6 Å². The van der Waals surface area contributed by atoms with E-state index in [4.69, 9.17) is 4.74 Å². The van der Waals surface area contributed by atoms with E-state index in [9.17, 15) is 8.78 Å². The van der Waals surface area contributed by atoms with Gasteiger partial charge in [0.2, 0.25) is 0 Å². The highest BCUT2D eigenvalue weighted by molar-refractivity contribution is 5.22. The molecular formula is C13H19F2NO. The fourth-order valence-corrected chi connectivity index (χ4v) is 1.69. The zero-order valence-corrected chi connectivity index (χ0v) is 10.5. The molecule has 1 aromatic rings. The minimum Gasteiger partial charge on any atom is -0.383 e. The van der Waals surface area contributed by atoms with E-state index in [0.717, 1.165) is 12.6 Å². The summed E-state index contributed by atoms with van der Waals surface area (Å²) in [6.07, 6.45) is 0. The summed E-state index contributed by atoms with van der Waals surface area (Å²) in [4.78, 5) is 0. The van der Waals surface area contributed by atoms with Gasteiger partial charge in [0.05, 0.1) is 6.61 Å². The first-order valence-electron chi connectivity index (χ1n) is 5.73. The highest BCUT2D eigenvalue weighted by Crippen LogP contribution is 2.21. The van der Waals surface area contributed by atoms with Gasteiger partial charge in [0.25, 0.3) is 0 Å². The van der Waals surface area contributed by atoms with Gasteiger partial charge in [-0.2, -0.15) is 0 Å². The van der Waals surface area contributed by atoms with Crippen LogP contribution in [-0.4, -0.2) is 26.3 Å². The number of ether oxygens (including phenoxy) is 1. The Labute approximate surface area is 101 Å². The molecule has 0 aliphatic heterocycles. The van der Waals surface area contributed by atoms with E-state index >= 15 is 0 Å². The van der Waals surface area contributed by atoms with Crippen LogP contribution >= 0.6 is 0 Å². The predicted molar refractivity (Wildman–Crippen MR) is 64.1 cm³/mol. The van der Waals surface area contributed by atoms with E-state index in [1.54, 1.807) is 7.11 Å². The molecule has 0 heterocycles. The number of methoxy groups -OCH3 is 1. The zero-order chi connectivity index (χ0) is 12.8. The Balaban J connectivity index is 2.64. The Bertz CT molecular complexity index is 337. The van der Waals surface area contributed by atoms with E-state index in [0.29, 0.717) is 12.2 Å². The van der Waals surface area contributed by atoms with Crippen LogP contribution in [0.2, 0.25) is 0 Å². The van der Waals surface area contributed by atoms with Crippen LogP contribution in [0.4, 0.5) is 8.78 Å². The second-order valence-electron chi connectivity index (χ2n) is 4.23. The lowest BCUT2D eigenvalue weighted by Crippen LogP contribution is -2.33. The molecule has 0 amide bonds. The average Bonchev–Trinajstić information content (AvgIpc) is 2.27. The number of hydrogen-bond donors (Lipinski definition) is 1. The number of halogens is 2. The highest BCUT2D eigenvalue weighted by atomic mass is 19.1. The molecule has 0 saturated heterocycles. The SMILES string of the molecule is COCCNC(C)C(C)c1cc(F)cc(F)c1. The minimum atomic E-state index is -0.532. The molecule has 0 spiro atoms. The van der Waals surface area contributed by atoms with E-state index in [1.807, 2.05) is 13.8 Å². The van der Waals surface area contributed by atoms with Crippen LogP contribution in [0.5, 0.6) is 0 Å². The van der Waals surface area contributed by atoms with Crippen LogP contribution in [0.15, 0.2) is 18.2 Å². The molecule has 0 aliphatic carbocycles. The van der Waals surface area contributed by atoms with Gasteiger partial charge in [-0.1, -0.05) is 6.92 Å². The molecule has 1 aromatic carbocycles. The Morgan fingerprint density at radius 3 is 2.29 bits per heavy atom. The third-order valence-corrected chi connectivity index (χ3v) is 2.93. The van der Waals surface area contributed by atoms with Crippen molar-refractivity contribution in [3.05, 3.63) is 35.4 Å². The van der Waals surface area contributed by atoms with Gasteiger partial charge in [-0.3, -0.25) is 0 Å². The summed E-state index contributed by atoms with van der Waals surface area (Å²) in [7, 11) is 1.64. The van der Waals surface area contributed by atoms with Gasteiger partial charge in [-0.25, -0.2) is 8.78 Å². The van der Waals surface area contributed by atoms with Crippen LogP contribution in [-0.2, 0) is 4.74 Å². The van der Waals surface area contributed by atoms with Crippen LogP contribution in [0.25, 0.3) is 0 Å². The maximum absolute atomic E-state index is 13.1. The summed E-state index contributed by atoms with van der Waals surface area (Å²) in [6.45, 7) is 5.27. The van der Waals surface area contributed by atoms with Crippen LogP contribution in [0.1, 0.15) is 25.3 Å². The molecule has 96 valence electrons. The van der Waals surface area contributed by atoms with E-state index in [-0.39, 0.29) is 12.0 Å². The molecule has 17 heavy (non-hydrogen) atoms. The van der Waals surface area contributed by atoms with Crippen molar-refractivity contribution in [2.75, 3.05) is 20.3 Å². The lowest BCUT2D eigenvalue weighted by atomic mass is 9.94. The summed E-state index contributed by atoms with van der Waals surface area (Å²) in [6, 6.07) is 3.77. The van der Waals surface area contributed by atoms with Crippen molar-refractivity contribution >= 4 is 0 Å². The second kappa shape index (κ2) is 6.67. The molecule has 0 aliphatic rings. The Kier molecular flexibility index (Phi) is 5.51. The molecule has 0 saturated carbocycles. The molecule has 1 rings (SSSR count). The first kappa shape index (κ1) is 14.1. The first-order valence-corrected chi connectivity index (χ1v) is 5.73. The zero-order valence-electron chi connectivity index (χ0n) is 10.5. The monoisotopic (exact) mass is 243 g/mol. The van der Waals surface area contributed by atoms with Crippen molar-refractivity contribution in [1.82, 2.24) is 5.32 Å². The molecule has 2 unspecified atom stereocenters. The van der Waals surface area contributed by atoms with Crippen molar-refractivity contribution in [2.45, 2.75) is 25.8 Å². The number of benzene rings is 1. The van der Waals surface area contributed by atoms with Crippen LogP contribution in [0.3, 0.4) is 0 Å². The second-order valence-corrected chi connectivity index (χ2v) is 4.23. The third kappa shape index (κ3) is 4.40. The normalized spacial score (nSPS) is 14.6. The van der Waals surface area contributed by atoms with Gasteiger partial charge in [0, 0.05) is 25.8 Å². The summed E-state index contributed by atoms with van der Waals surface area (Å²) in [5.41, 5.74) is 0.667. The average molecular weight is 243 g/mol. The van der Waals surface area contributed by atoms with Crippen molar-refractivity contribution in [1.29, 1.82) is 0 Å². The number of hydrogen-bond acceptors (Lipinski definition) is 2. The molecular weight excluding hydrogens is 224 g/mol. The van der Waals surface area contributed by atoms with Crippen molar-refractivity contribution < 1.29 is 13.5 Å². The van der Waals surface area contributed by atoms with Gasteiger partial charge < -0.3 is 10.1 Å². The fraction of sp³-hybridized carbons (Fsp3) is 0.538. The highest BCUT2D eigenvalue weighted by Gasteiger charge is 2.15. The molecule has 0 fully saturated rings.